The molecule has 0 fully saturated rings. The molecule has 0 saturated carbocycles. The van der Waals surface area contributed by atoms with Crippen LogP contribution in [0, 0.1) is 0 Å². The lowest BCUT2D eigenvalue weighted by Gasteiger charge is -2.16. The van der Waals surface area contributed by atoms with Crippen molar-refractivity contribution >= 4 is 11.8 Å². The molecule has 0 aliphatic heterocycles. The van der Waals surface area contributed by atoms with Crippen molar-refractivity contribution in [1.82, 2.24) is 10.2 Å². The maximum atomic E-state index is 10.4. The molecule has 0 aliphatic carbocycles. The minimum Gasteiger partial charge on any atom is -0.481 e. The number of anilines is 1. The standard InChI is InChI=1S/C11H17N3O2/c1-3-4-9-5-6-10(13-12-9)14(2)8-7-11(15)16/h5-6H,3-4,7-8H2,1-2H3,(H,15,16). The number of aromatic nitrogens is 2. The third kappa shape index (κ3) is 3.84. The number of aliphatic carboxylic acids is 1. The molecule has 0 aliphatic rings. The smallest absolute Gasteiger partial charge is 0.305 e. The highest BCUT2D eigenvalue weighted by atomic mass is 16.4. The number of rotatable bonds is 6. The molecule has 0 radical (unpaired) electrons. The molecular weight excluding hydrogens is 206 g/mol. The van der Waals surface area contributed by atoms with Gasteiger partial charge in [-0.15, -0.1) is 5.10 Å². The monoisotopic (exact) mass is 223 g/mol. The first kappa shape index (κ1) is 12.4. The molecule has 5 nitrogen and oxygen atoms in total. The largest absolute Gasteiger partial charge is 0.481 e. The zero-order valence-electron chi connectivity index (χ0n) is 9.68. The number of nitrogens with zero attached hydrogens (tertiary/aromatic N) is 3. The Kier molecular flexibility index (Phi) is 4.69. The number of hydrogen-bond donors (Lipinski definition) is 1. The van der Waals surface area contributed by atoms with Crippen LogP contribution in [0.25, 0.3) is 0 Å². The van der Waals surface area contributed by atoms with E-state index in [1.807, 2.05) is 19.2 Å². The van der Waals surface area contributed by atoms with Gasteiger partial charge in [0.05, 0.1) is 12.1 Å². The summed E-state index contributed by atoms with van der Waals surface area (Å²) in [6.45, 7) is 2.53. The van der Waals surface area contributed by atoms with E-state index in [0.717, 1.165) is 18.5 Å². The predicted molar refractivity (Wildman–Crippen MR) is 61.5 cm³/mol. The summed E-state index contributed by atoms with van der Waals surface area (Å²) in [5.74, 6) is -0.0940. The van der Waals surface area contributed by atoms with Crippen molar-refractivity contribution in [3.05, 3.63) is 17.8 Å². The first-order chi connectivity index (χ1) is 7.63. The zero-order chi connectivity index (χ0) is 12.0. The second-order valence-electron chi connectivity index (χ2n) is 3.70. The van der Waals surface area contributed by atoms with Gasteiger partial charge in [-0.05, 0) is 18.6 Å². The van der Waals surface area contributed by atoms with Crippen LogP contribution in [-0.4, -0.2) is 34.9 Å². The van der Waals surface area contributed by atoms with E-state index in [9.17, 15) is 4.79 Å². The van der Waals surface area contributed by atoms with Crippen LogP contribution >= 0.6 is 0 Å². The molecule has 1 aromatic rings. The quantitative estimate of drug-likeness (QED) is 0.788. The molecule has 5 heteroatoms. The van der Waals surface area contributed by atoms with Gasteiger partial charge >= 0.3 is 5.97 Å². The summed E-state index contributed by atoms with van der Waals surface area (Å²) in [4.78, 5) is 12.2. The van der Waals surface area contributed by atoms with Crippen molar-refractivity contribution in [2.24, 2.45) is 0 Å². The zero-order valence-corrected chi connectivity index (χ0v) is 9.68. The summed E-state index contributed by atoms with van der Waals surface area (Å²) in [6, 6.07) is 3.81. The molecule has 1 aromatic heterocycles. The summed E-state index contributed by atoms with van der Waals surface area (Å²) in [5, 5.41) is 16.7. The van der Waals surface area contributed by atoms with Gasteiger partial charge in [0.15, 0.2) is 5.82 Å². The normalized spacial score (nSPS) is 10.1. The summed E-state index contributed by atoms with van der Waals surface area (Å²) < 4.78 is 0. The lowest BCUT2D eigenvalue weighted by Crippen LogP contribution is -2.22. The van der Waals surface area contributed by atoms with Crippen LogP contribution < -0.4 is 4.90 Å². The Morgan fingerprint density at radius 1 is 1.44 bits per heavy atom. The lowest BCUT2D eigenvalue weighted by molar-refractivity contribution is -0.136. The molecule has 0 spiro atoms. The van der Waals surface area contributed by atoms with E-state index < -0.39 is 5.97 Å². The van der Waals surface area contributed by atoms with Gasteiger partial charge in [-0.1, -0.05) is 13.3 Å². The van der Waals surface area contributed by atoms with Crippen LogP contribution in [0.2, 0.25) is 0 Å². The van der Waals surface area contributed by atoms with E-state index in [2.05, 4.69) is 17.1 Å². The van der Waals surface area contributed by atoms with Crippen molar-refractivity contribution in [1.29, 1.82) is 0 Å². The van der Waals surface area contributed by atoms with Gasteiger partial charge in [-0.2, -0.15) is 5.10 Å². The highest BCUT2D eigenvalue weighted by Crippen LogP contribution is 2.08. The van der Waals surface area contributed by atoms with Crippen LogP contribution in [0.4, 0.5) is 5.82 Å². The minimum absolute atomic E-state index is 0.106. The molecule has 0 bridgehead atoms. The summed E-state index contributed by atoms with van der Waals surface area (Å²) in [5.41, 5.74) is 0.970. The van der Waals surface area contributed by atoms with Gasteiger partial charge in [-0.25, -0.2) is 0 Å². The number of carboxylic acid groups (broad SMARTS) is 1. The molecule has 1 N–H and O–H groups in total. The van der Waals surface area contributed by atoms with Gasteiger partial charge in [0.1, 0.15) is 0 Å². The SMILES string of the molecule is CCCc1ccc(N(C)CCC(=O)O)nn1. The van der Waals surface area contributed by atoms with E-state index in [-0.39, 0.29) is 6.42 Å². The minimum atomic E-state index is -0.803. The van der Waals surface area contributed by atoms with E-state index in [4.69, 9.17) is 5.11 Å². The van der Waals surface area contributed by atoms with Crippen molar-refractivity contribution in [2.75, 3.05) is 18.5 Å². The molecule has 0 saturated heterocycles. The Morgan fingerprint density at radius 3 is 2.69 bits per heavy atom. The number of hydrogen-bond acceptors (Lipinski definition) is 4. The molecule has 0 atom stereocenters. The second-order valence-corrected chi connectivity index (χ2v) is 3.70. The topological polar surface area (TPSA) is 66.3 Å². The number of carboxylic acids is 1. The molecule has 0 amide bonds. The molecule has 0 aromatic carbocycles. The first-order valence-corrected chi connectivity index (χ1v) is 5.39. The third-order valence-electron chi connectivity index (χ3n) is 2.26. The first-order valence-electron chi connectivity index (χ1n) is 5.39. The molecule has 88 valence electrons. The van der Waals surface area contributed by atoms with Gasteiger partial charge in [0, 0.05) is 13.6 Å². The Hall–Kier alpha value is -1.65. The molecule has 16 heavy (non-hydrogen) atoms. The van der Waals surface area contributed by atoms with E-state index in [1.165, 1.54) is 0 Å². The predicted octanol–water partition coefficient (Wildman–Crippen LogP) is 1.34. The lowest BCUT2D eigenvalue weighted by atomic mass is 10.2. The molecule has 1 heterocycles. The van der Waals surface area contributed by atoms with Gasteiger partial charge in [0.25, 0.3) is 0 Å². The van der Waals surface area contributed by atoms with Crippen molar-refractivity contribution < 1.29 is 9.90 Å². The van der Waals surface area contributed by atoms with Crippen molar-refractivity contribution in [2.45, 2.75) is 26.2 Å². The van der Waals surface area contributed by atoms with Gasteiger partial charge in [-0.3, -0.25) is 4.79 Å². The van der Waals surface area contributed by atoms with Crippen LogP contribution in [0.3, 0.4) is 0 Å². The molecule has 1 rings (SSSR count). The average Bonchev–Trinajstić information content (AvgIpc) is 2.27. The van der Waals surface area contributed by atoms with E-state index >= 15 is 0 Å². The fraction of sp³-hybridized carbons (Fsp3) is 0.545. The Morgan fingerprint density at radius 2 is 2.19 bits per heavy atom. The Bertz CT molecular complexity index is 338. The fourth-order valence-corrected chi connectivity index (χ4v) is 1.32. The maximum absolute atomic E-state index is 10.4. The Balaban J connectivity index is 2.55. The van der Waals surface area contributed by atoms with Gasteiger partial charge in [0.2, 0.25) is 0 Å². The summed E-state index contributed by atoms with van der Waals surface area (Å²) >= 11 is 0. The molecule has 0 unspecified atom stereocenters. The summed E-state index contributed by atoms with van der Waals surface area (Å²) in [6.07, 6.45) is 2.07. The Labute approximate surface area is 95.1 Å². The highest BCUT2D eigenvalue weighted by Gasteiger charge is 2.05. The molecular formula is C11H17N3O2. The van der Waals surface area contributed by atoms with Crippen LogP contribution in [-0.2, 0) is 11.2 Å². The number of aryl methyl sites for hydroxylation is 1. The van der Waals surface area contributed by atoms with Crippen molar-refractivity contribution in [3.63, 3.8) is 0 Å². The average molecular weight is 223 g/mol. The number of carbonyl (C=O) groups is 1. The van der Waals surface area contributed by atoms with Gasteiger partial charge < -0.3 is 10.0 Å². The van der Waals surface area contributed by atoms with Crippen LogP contribution in [0.5, 0.6) is 0 Å². The van der Waals surface area contributed by atoms with Crippen molar-refractivity contribution in [3.8, 4) is 0 Å². The highest BCUT2D eigenvalue weighted by molar-refractivity contribution is 5.67. The van der Waals surface area contributed by atoms with E-state index in [0.29, 0.717) is 12.4 Å². The van der Waals surface area contributed by atoms with Crippen LogP contribution in [0.1, 0.15) is 25.5 Å². The van der Waals surface area contributed by atoms with Crippen LogP contribution in [0.15, 0.2) is 12.1 Å². The fourth-order valence-electron chi connectivity index (χ4n) is 1.32. The second kappa shape index (κ2) is 6.05. The third-order valence-corrected chi connectivity index (χ3v) is 2.26. The maximum Gasteiger partial charge on any atom is 0.305 e. The van der Waals surface area contributed by atoms with E-state index in [1.54, 1.807) is 4.90 Å². The summed E-state index contributed by atoms with van der Waals surface area (Å²) in [7, 11) is 1.81.